The molecule has 2 aliphatic carbocycles. The van der Waals surface area contributed by atoms with E-state index in [-0.39, 0.29) is 25.2 Å². The van der Waals surface area contributed by atoms with Crippen LogP contribution in [0.15, 0.2) is 30.9 Å². The Kier molecular flexibility index (Phi) is 4.06. The molecule has 0 amide bonds. The average Bonchev–Trinajstić information content (AvgIpc) is 3.00. The van der Waals surface area contributed by atoms with Crippen molar-refractivity contribution in [2.75, 3.05) is 13.2 Å². The van der Waals surface area contributed by atoms with Gasteiger partial charge in [-0.3, -0.25) is 4.79 Å². The summed E-state index contributed by atoms with van der Waals surface area (Å²) in [6.07, 6.45) is 2.78. The maximum atomic E-state index is 12.0. The minimum atomic E-state index is -2.08. The largest absolute Gasteiger partial charge is 0.479 e. The van der Waals surface area contributed by atoms with Crippen molar-refractivity contribution in [2.24, 2.45) is 17.6 Å². The molecule has 2 fully saturated rings. The van der Waals surface area contributed by atoms with Gasteiger partial charge < -0.3 is 20.3 Å². The molecule has 0 bridgehead atoms. The summed E-state index contributed by atoms with van der Waals surface area (Å²) < 4.78 is 10.3. The maximum absolute atomic E-state index is 12.0. The molecule has 3 N–H and O–H groups in total. The maximum Gasteiger partial charge on any atom is 0.343 e. The van der Waals surface area contributed by atoms with E-state index in [1.807, 2.05) is 0 Å². The first-order valence-electron chi connectivity index (χ1n) is 6.70. The minimum Gasteiger partial charge on any atom is -0.479 e. The summed E-state index contributed by atoms with van der Waals surface area (Å²) in [6, 6.07) is 0. The number of carbonyl (C=O) groups excluding carboxylic acids is 2. The van der Waals surface area contributed by atoms with Crippen LogP contribution in [-0.4, -0.2) is 47.3 Å². The van der Waals surface area contributed by atoms with Crippen LogP contribution in [0.1, 0.15) is 6.42 Å². The summed E-state index contributed by atoms with van der Waals surface area (Å²) >= 11 is 0. The van der Waals surface area contributed by atoms with Gasteiger partial charge in [0, 0.05) is 5.92 Å². The van der Waals surface area contributed by atoms with Gasteiger partial charge in [0.1, 0.15) is 12.5 Å². The van der Waals surface area contributed by atoms with Gasteiger partial charge in [0.2, 0.25) is 5.60 Å². The third kappa shape index (κ3) is 1.87. The molecule has 0 heterocycles. The molecule has 0 saturated heterocycles. The van der Waals surface area contributed by atoms with Crippen molar-refractivity contribution >= 4 is 17.9 Å². The molecular formula is C15H17NO6. The van der Waals surface area contributed by atoms with Gasteiger partial charge in [0.15, 0.2) is 0 Å². The van der Waals surface area contributed by atoms with Crippen LogP contribution in [0.3, 0.4) is 0 Å². The number of aliphatic carboxylic acids is 1. The van der Waals surface area contributed by atoms with Crippen LogP contribution in [0.2, 0.25) is 0 Å². The molecule has 0 unspecified atom stereocenters. The van der Waals surface area contributed by atoms with Crippen molar-refractivity contribution in [3.8, 4) is 0 Å². The quantitative estimate of drug-likeness (QED) is 0.381. The summed E-state index contributed by atoms with van der Waals surface area (Å²) in [6.45, 7) is 6.76. The van der Waals surface area contributed by atoms with Crippen LogP contribution in [-0.2, 0) is 23.9 Å². The van der Waals surface area contributed by atoms with E-state index in [9.17, 15) is 19.5 Å². The van der Waals surface area contributed by atoms with E-state index >= 15 is 0 Å². The predicted octanol–water partition coefficient (Wildman–Crippen LogP) is -0.153. The Bertz CT molecular complexity index is 593. The van der Waals surface area contributed by atoms with Crippen LogP contribution in [0.4, 0.5) is 0 Å². The van der Waals surface area contributed by atoms with Gasteiger partial charge in [-0.1, -0.05) is 18.7 Å². The zero-order valence-corrected chi connectivity index (χ0v) is 11.9. The normalized spacial score (nSPS) is 35.2. The van der Waals surface area contributed by atoms with Crippen LogP contribution in [0.5, 0.6) is 0 Å². The number of esters is 1. The first-order valence-corrected chi connectivity index (χ1v) is 6.70. The Balaban J connectivity index is 2.39. The predicted molar refractivity (Wildman–Crippen MR) is 75.4 cm³/mol. The average molecular weight is 307 g/mol. The molecule has 2 aliphatic rings. The second kappa shape index (κ2) is 5.53. The van der Waals surface area contributed by atoms with Gasteiger partial charge >= 0.3 is 11.9 Å². The number of carbonyl (C=O) groups is 2. The standard InChI is InChI=1S/C15H17NO6/c1-3-5-21-12(18)11-10-7-9(8-17)15(13(19)20,14(10,11)16)22-6-4-2/h3-4,10-11H,1-2,5-7,16H2,(H,19,20)/t10-,11-,14+,15-/m1/s1. The number of nitrogens with two attached hydrogens (primary N) is 1. The Morgan fingerprint density at radius 1 is 1.41 bits per heavy atom. The van der Waals surface area contributed by atoms with E-state index in [1.165, 1.54) is 12.2 Å². The number of fused-ring (bicyclic) bond motifs is 1. The second-order valence-corrected chi connectivity index (χ2v) is 5.31. The Morgan fingerprint density at radius 2 is 2.05 bits per heavy atom. The molecule has 0 radical (unpaired) electrons. The number of ether oxygens (including phenoxy) is 2. The lowest BCUT2D eigenvalue weighted by Gasteiger charge is -2.33. The zero-order chi connectivity index (χ0) is 16.5. The molecule has 0 aromatic rings. The van der Waals surface area contributed by atoms with E-state index in [0.29, 0.717) is 0 Å². The third-order valence-electron chi connectivity index (χ3n) is 4.32. The van der Waals surface area contributed by atoms with Crippen molar-refractivity contribution < 1.29 is 29.0 Å². The van der Waals surface area contributed by atoms with E-state index in [2.05, 4.69) is 13.2 Å². The molecule has 4 atom stereocenters. The fraction of sp³-hybridized carbons (Fsp3) is 0.467. The lowest BCUT2D eigenvalue weighted by molar-refractivity contribution is -0.164. The summed E-state index contributed by atoms with van der Waals surface area (Å²) in [5, 5.41) is 9.62. The smallest absolute Gasteiger partial charge is 0.343 e. The van der Waals surface area contributed by atoms with E-state index in [4.69, 9.17) is 15.2 Å². The lowest BCUT2D eigenvalue weighted by atomic mass is 9.85. The summed E-state index contributed by atoms with van der Waals surface area (Å²) in [5.74, 6) is -1.80. The lowest BCUT2D eigenvalue weighted by Crippen LogP contribution is -2.59. The number of carboxylic acids is 1. The van der Waals surface area contributed by atoms with Crippen LogP contribution >= 0.6 is 0 Å². The van der Waals surface area contributed by atoms with E-state index in [1.54, 1.807) is 5.94 Å². The minimum absolute atomic E-state index is 0.00208. The molecule has 0 aromatic carbocycles. The van der Waals surface area contributed by atoms with Crippen LogP contribution in [0.25, 0.3) is 0 Å². The molecule has 0 aromatic heterocycles. The van der Waals surface area contributed by atoms with Gasteiger partial charge in [-0.25, -0.2) is 9.59 Å². The SMILES string of the molecule is C=CCOC(=O)[C@H]1[C@H]2CC(=C=O)[C@@](OCC=C)(C(=O)O)[C@]21N. The molecule has 22 heavy (non-hydrogen) atoms. The third-order valence-corrected chi connectivity index (χ3v) is 4.32. The zero-order valence-electron chi connectivity index (χ0n) is 11.9. The second-order valence-electron chi connectivity index (χ2n) is 5.31. The van der Waals surface area contributed by atoms with Crippen LogP contribution in [0, 0.1) is 11.8 Å². The number of hydrogen-bond donors (Lipinski definition) is 2. The van der Waals surface area contributed by atoms with Gasteiger partial charge in [-0.05, 0) is 6.42 Å². The van der Waals surface area contributed by atoms with Crippen molar-refractivity contribution in [3.63, 3.8) is 0 Å². The highest BCUT2D eigenvalue weighted by Gasteiger charge is 2.84. The molecule has 2 rings (SSSR count). The van der Waals surface area contributed by atoms with Crippen molar-refractivity contribution in [2.45, 2.75) is 17.6 Å². The summed E-state index contributed by atoms with van der Waals surface area (Å²) in [5.41, 5.74) is 2.50. The fourth-order valence-corrected chi connectivity index (χ4v) is 3.35. The molecule has 7 nitrogen and oxygen atoms in total. The molecule has 2 saturated carbocycles. The number of rotatable bonds is 7. The molecule has 0 aliphatic heterocycles. The van der Waals surface area contributed by atoms with Gasteiger partial charge in [0.25, 0.3) is 0 Å². The molecular weight excluding hydrogens is 290 g/mol. The Morgan fingerprint density at radius 3 is 2.55 bits per heavy atom. The van der Waals surface area contributed by atoms with Crippen molar-refractivity contribution in [3.05, 3.63) is 30.9 Å². The molecule has 118 valence electrons. The highest BCUT2D eigenvalue weighted by Crippen LogP contribution is 2.67. The first kappa shape index (κ1) is 16.2. The van der Waals surface area contributed by atoms with Gasteiger partial charge in [0.05, 0.1) is 23.6 Å². The van der Waals surface area contributed by atoms with Gasteiger partial charge in [-0.2, -0.15) is 0 Å². The fourth-order valence-electron chi connectivity index (χ4n) is 3.35. The van der Waals surface area contributed by atoms with Crippen LogP contribution < -0.4 is 5.73 Å². The summed E-state index contributed by atoms with van der Waals surface area (Å²) in [7, 11) is 0. The molecule has 7 heteroatoms. The highest BCUT2D eigenvalue weighted by molar-refractivity contribution is 5.95. The topological polar surface area (TPSA) is 116 Å². The monoisotopic (exact) mass is 307 g/mol. The van der Waals surface area contributed by atoms with E-state index < -0.39 is 34.9 Å². The van der Waals surface area contributed by atoms with E-state index in [0.717, 1.165) is 0 Å². The van der Waals surface area contributed by atoms with Crippen molar-refractivity contribution in [1.82, 2.24) is 0 Å². The Labute approximate surface area is 127 Å². The molecule has 0 spiro atoms. The first-order chi connectivity index (χ1) is 10.4. The van der Waals surface area contributed by atoms with Crippen molar-refractivity contribution in [1.29, 1.82) is 0 Å². The van der Waals surface area contributed by atoms with Gasteiger partial charge in [-0.15, -0.1) is 6.58 Å². The number of hydrogen-bond acceptors (Lipinski definition) is 6. The number of carboxylic acid groups (broad SMARTS) is 1. The summed E-state index contributed by atoms with van der Waals surface area (Å²) in [4.78, 5) is 35.0. The Hall–Kier alpha value is -2.21. The highest BCUT2D eigenvalue weighted by atomic mass is 16.5.